The smallest absolute Gasteiger partial charge is 0.165 e. The summed E-state index contributed by atoms with van der Waals surface area (Å²) in [6, 6.07) is 1.63. The second kappa shape index (κ2) is 4.96. The van der Waals surface area contributed by atoms with Gasteiger partial charge in [-0.15, -0.1) is 23.2 Å². The average Bonchev–Trinajstić information content (AvgIpc) is 2.19. The van der Waals surface area contributed by atoms with Crippen molar-refractivity contribution in [2.45, 2.75) is 10.9 Å². The Hall–Kier alpha value is -0.580. The number of rotatable bonds is 3. The Kier molecular flexibility index (Phi) is 4.13. The highest BCUT2D eigenvalue weighted by Crippen LogP contribution is 2.30. The first kappa shape index (κ1) is 12.5. The normalized spacial score (nSPS) is 13.0. The fourth-order valence-corrected chi connectivity index (χ4v) is 1.33. The zero-order valence-electron chi connectivity index (χ0n) is 7.68. The predicted octanol–water partition coefficient (Wildman–Crippen LogP) is 2.81. The molecular formula is C9H8Cl2F2O2. The van der Waals surface area contributed by atoms with Gasteiger partial charge in [0.05, 0.1) is 7.11 Å². The lowest BCUT2D eigenvalue weighted by molar-refractivity contribution is 0.187. The maximum Gasteiger partial charge on any atom is 0.165 e. The molecule has 6 heteroatoms. The van der Waals surface area contributed by atoms with E-state index < -0.39 is 22.6 Å². The van der Waals surface area contributed by atoms with E-state index in [-0.39, 0.29) is 11.3 Å². The third kappa shape index (κ3) is 2.71. The number of methoxy groups -OCH3 is 1. The summed E-state index contributed by atoms with van der Waals surface area (Å²) in [5.74, 6) is -1.86. The monoisotopic (exact) mass is 256 g/mol. The molecule has 0 amide bonds. The van der Waals surface area contributed by atoms with Crippen molar-refractivity contribution in [1.29, 1.82) is 0 Å². The fraction of sp³-hybridized carbons (Fsp3) is 0.333. The van der Waals surface area contributed by atoms with Gasteiger partial charge >= 0.3 is 0 Å². The Bertz CT molecular complexity index is 358. The minimum Gasteiger partial charge on any atom is -0.494 e. The van der Waals surface area contributed by atoms with E-state index in [2.05, 4.69) is 4.74 Å². The molecule has 0 aliphatic rings. The maximum absolute atomic E-state index is 13.3. The topological polar surface area (TPSA) is 29.5 Å². The largest absolute Gasteiger partial charge is 0.494 e. The van der Waals surface area contributed by atoms with Crippen molar-refractivity contribution in [2.24, 2.45) is 0 Å². The van der Waals surface area contributed by atoms with Gasteiger partial charge in [0.15, 0.2) is 11.6 Å². The van der Waals surface area contributed by atoms with Crippen LogP contribution in [0.25, 0.3) is 0 Å². The number of alkyl halides is 2. The van der Waals surface area contributed by atoms with E-state index in [1.165, 1.54) is 7.11 Å². The molecule has 0 spiro atoms. The first-order valence-corrected chi connectivity index (χ1v) is 4.83. The maximum atomic E-state index is 13.3. The van der Waals surface area contributed by atoms with Crippen molar-refractivity contribution >= 4 is 23.2 Å². The Morgan fingerprint density at radius 1 is 1.27 bits per heavy atom. The van der Waals surface area contributed by atoms with E-state index in [1.54, 1.807) is 0 Å². The van der Waals surface area contributed by atoms with Crippen LogP contribution < -0.4 is 4.74 Å². The van der Waals surface area contributed by atoms with Gasteiger partial charge in [-0.1, -0.05) is 0 Å². The molecule has 0 saturated carbocycles. The molecule has 1 aromatic rings. The van der Waals surface area contributed by atoms with E-state index in [0.717, 1.165) is 12.1 Å². The number of aliphatic hydroxyl groups is 1. The molecule has 0 fully saturated rings. The standard InChI is InChI=1S/C9H8Cl2F2O2/c1-15-7-3-5(12)4(2-6(7)13)8(14)9(10)11/h2-3,8-9,14H,1H3. The van der Waals surface area contributed by atoms with Gasteiger partial charge in [-0.05, 0) is 6.07 Å². The first-order chi connectivity index (χ1) is 6.97. The van der Waals surface area contributed by atoms with Gasteiger partial charge in [0.2, 0.25) is 0 Å². The first-order valence-electron chi connectivity index (χ1n) is 3.96. The molecule has 1 unspecified atom stereocenters. The Labute approximate surface area is 95.4 Å². The molecule has 1 N–H and O–H groups in total. The average molecular weight is 257 g/mol. The van der Waals surface area contributed by atoms with Gasteiger partial charge in [-0.25, -0.2) is 8.78 Å². The summed E-state index contributed by atoms with van der Waals surface area (Å²) < 4.78 is 31.0. The molecule has 0 saturated heterocycles. The van der Waals surface area contributed by atoms with Gasteiger partial charge in [-0.3, -0.25) is 0 Å². The number of hydrogen-bond donors (Lipinski definition) is 1. The molecule has 0 aromatic heterocycles. The lowest BCUT2D eigenvalue weighted by Crippen LogP contribution is -2.09. The van der Waals surface area contributed by atoms with Crippen LogP contribution in [0.15, 0.2) is 12.1 Å². The van der Waals surface area contributed by atoms with Crippen LogP contribution in [0, 0.1) is 11.6 Å². The number of hydrogen-bond acceptors (Lipinski definition) is 2. The summed E-state index contributed by atoms with van der Waals surface area (Å²) in [5.41, 5.74) is -0.302. The van der Waals surface area contributed by atoms with Crippen LogP contribution in [0.1, 0.15) is 11.7 Å². The van der Waals surface area contributed by atoms with Crippen LogP contribution in [0.4, 0.5) is 8.78 Å². The van der Waals surface area contributed by atoms with Crippen molar-refractivity contribution in [3.05, 3.63) is 29.3 Å². The summed E-state index contributed by atoms with van der Waals surface area (Å²) >= 11 is 10.7. The second-order valence-electron chi connectivity index (χ2n) is 2.79. The van der Waals surface area contributed by atoms with Crippen LogP contribution in [0.2, 0.25) is 0 Å². The van der Waals surface area contributed by atoms with Crippen molar-refractivity contribution in [1.82, 2.24) is 0 Å². The highest BCUT2D eigenvalue weighted by molar-refractivity contribution is 6.44. The molecule has 1 rings (SSSR count). The zero-order chi connectivity index (χ0) is 11.6. The lowest BCUT2D eigenvalue weighted by Gasteiger charge is -2.13. The quantitative estimate of drug-likeness (QED) is 0.843. The molecule has 0 aliphatic heterocycles. The van der Waals surface area contributed by atoms with E-state index >= 15 is 0 Å². The minimum absolute atomic E-state index is 0.246. The molecule has 1 aromatic carbocycles. The molecule has 2 nitrogen and oxygen atoms in total. The number of benzene rings is 1. The molecule has 0 radical (unpaired) electrons. The van der Waals surface area contributed by atoms with E-state index in [9.17, 15) is 13.9 Å². The van der Waals surface area contributed by atoms with Crippen molar-refractivity contribution in [2.75, 3.05) is 7.11 Å². The Morgan fingerprint density at radius 3 is 2.33 bits per heavy atom. The van der Waals surface area contributed by atoms with E-state index in [0.29, 0.717) is 0 Å². The van der Waals surface area contributed by atoms with Gasteiger partial charge in [-0.2, -0.15) is 0 Å². The third-order valence-electron chi connectivity index (χ3n) is 1.83. The summed E-state index contributed by atoms with van der Waals surface area (Å²) in [4.78, 5) is -1.23. The second-order valence-corrected chi connectivity index (χ2v) is 3.95. The van der Waals surface area contributed by atoms with Crippen molar-refractivity contribution in [3.63, 3.8) is 0 Å². The molecule has 0 bridgehead atoms. The Balaban J connectivity index is 3.15. The molecule has 0 heterocycles. The van der Waals surface area contributed by atoms with Crippen LogP contribution in [-0.2, 0) is 0 Å². The number of ether oxygens (including phenoxy) is 1. The highest BCUT2D eigenvalue weighted by atomic mass is 35.5. The van der Waals surface area contributed by atoms with E-state index in [4.69, 9.17) is 23.2 Å². The minimum atomic E-state index is -1.48. The van der Waals surface area contributed by atoms with Crippen LogP contribution in [0.3, 0.4) is 0 Å². The third-order valence-corrected chi connectivity index (χ3v) is 2.31. The van der Waals surface area contributed by atoms with Crippen LogP contribution in [-0.4, -0.2) is 17.1 Å². The zero-order valence-corrected chi connectivity index (χ0v) is 9.19. The van der Waals surface area contributed by atoms with E-state index in [1.807, 2.05) is 0 Å². The highest BCUT2D eigenvalue weighted by Gasteiger charge is 2.22. The summed E-state index contributed by atoms with van der Waals surface area (Å²) in [6.07, 6.45) is -1.48. The summed E-state index contributed by atoms with van der Waals surface area (Å²) in [5, 5.41) is 9.36. The predicted molar refractivity (Wildman–Crippen MR) is 53.4 cm³/mol. The number of aliphatic hydroxyl groups excluding tert-OH is 1. The Morgan fingerprint density at radius 2 is 1.87 bits per heavy atom. The summed E-state index contributed by atoms with van der Waals surface area (Å²) in [6.45, 7) is 0. The van der Waals surface area contributed by atoms with Gasteiger partial charge < -0.3 is 9.84 Å². The van der Waals surface area contributed by atoms with Crippen molar-refractivity contribution in [3.8, 4) is 5.75 Å². The molecule has 0 aliphatic carbocycles. The summed E-state index contributed by atoms with van der Waals surface area (Å²) in [7, 11) is 1.21. The van der Waals surface area contributed by atoms with Crippen LogP contribution >= 0.6 is 23.2 Å². The molecule has 1 atom stereocenters. The lowest BCUT2D eigenvalue weighted by atomic mass is 10.1. The van der Waals surface area contributed by atoms with Gasteiger partial charge in [0.25, 0.3) is 0 Å². The molecular weight excluding hydrogens is 249 g/mol. The van der Waals surface area contributed by atoms with Gasteiger partial charge in [0.1, 0.15) is 16.8 Å². The van der Waals surface area contributed by atoms with Gasteiger partial charge in [0, 0.05) is 11.6 Å². The molecule has 84 valence electrons. The molecule has 15 heavy (non-hydrogen) atoms. The number of halogens is 4. The fourth-order valence-electron chi connectivity index (χ4n) is 1.06. The van der Waals surface area contributed by atoms with Crippen LogP contribution in [0.5, 0.6) is 5.75 Å². The SMILES string of the molecule is COc1cc(F)c(C(O)C(Cl)Cl)cc1F. The van der Waals surface area contributed by atoms with Crippen molar-refractivity contribution < 1.29 is 18.6 Å².